The second-order valence-electron chi connectivity index (χ2n) is 5.81. The van der Waals surface area contributed by atoms with Crippen LogP contribution in [-0.2, 0) is 0 Å². The zero-order valence-electron chi connectivity index (χ0n) is 14.5. The predicted molar refractivity (Wildman–Crippen MR) is 95.6 cm³/mol. The Balaban J connectivity index is 1.75. The number of ether oxygens (including phenoxy) is 2. The highest BCUT2D eigenvalue weighted by Crippen LogP contribution is 2.29. The molecule has 1 saturated heterocycles. The van der Waals surface area contributed by atoms with Gasteiger partial charge in [0.25, 0.3) is 5.91 Å². The number of amides is 1. The molecule has 1 aromatic heterocycles. The summed E-state index contributed by atoms with van der Waals surface area (Å²) in [6.07, 6.45) is 5.12. The Kier molecular flexibility index (Phi) is 5.33. The third-order valence-electron chi connectivity index (χ3n) is 4.16. The van der Waals surface area contributed by atoms with Crippen LogP contribution in [0.4, 0.5) is 11.6 Å². The summed E-state index contributed by atoms with van der Waals surface area (Å²) in [4.78, 5) is 23.3. The average Bonchev–Trinajstić information content (AvgIpc) is 2.68. The summed E-state index contributed by atoms with van der Waals surface area (Å²) >= 11 is 0. The van der Waals surface area contributed by atoms with E-state index < -0.39 is 0 Å². The van der Waals surface area contributed by atoms with Gasteiger partial charge in [0.05, 0.1) is 14.2 Å². The van der Waals surface area contributed by atoms with E-state index in [1.165, 1.54) is 6.42 Å². The standard InChI is InChI=1S/C18H22N4O3/c1-24-15-7-6-13(12-16(15)25-2)20-17(23)14-8-9-19-18(21-14)22-10-4-3-5-11-22/h6-9,12H,3-5,10-11H2,1-2H3,(H,20,23). The van der Waals surface area contributed by atoms with Crippen LogP contribution in [0.2, 0.25) is 0 Å². The van der Waals surface area contributed by atoms with Crippen LogP contribution in [0.5, 0.6) is 11.5 Å². The van der Waals surface area contributed by atoms with Crippen molar-refractivity contribution in [1.82, 2.24) is 9.97 Å². The molecule has 1 fully saturated rings. The summed E-state index contributed by atoms with van der Waals surface area (Å²) < 4.78 is 10.5. The maximum absolute atomic E-state index is 12.5. The number of benzene rings is 1. The maximum atomic E-state index is 12.5. The van der Waals surface area contributed by atoms with Gasteiger partial charge >= 0.3 is 0 Å². The third kappa shape index (κ3) is 3.99. The first kappa shape index (κ1) is 17.0. The Morgan fingerprint density at radius 1 is 1.08 bits per heavy atom. The molecule has 1 N–H and O–H groups in total. The van der Waals surface area contributed by atoms with Crippen LogP contribution < -0.4 is 19.7 Å². The minimum atomic E-state index is -0.284. The van der Waals surface area contributed by atoms with Crippen molar-refractivity contribution in [1.29, 1.82) is 0 Å². The molecule has 1 aliphatic heterocycles. The van der Waals surface area contributed by atoms with E-state index in [9.17, 15) is 4.79 Å². The van der Waals surface area contributed by atoms with Crippen molar-refractivity contribution in [3.8, 4) is 11.5 Å². The van der Waals surface area contributed by atoms with Crippen LogP contribution in [0.25, 0.3) is 0 Å². The molecule has 0 saturated carbocycles. The van der Waals surface area contributed by atoms with E-state index in [-0.39, 0.29) is 5.91 Å². The number of anilines is 2. The lowest BCUT2D eigenvalue weighted by molar-refractivity contribution is 0.102. The van der Waals surface area contributed by atoms with Crippen LogP contribution in [0.1, 0.15) is 29.8 Å². The fourth-order valence-corrected chi connectivity index (χ4v) is 2.83. The van der Waals surface area contributed by atoms with Crippen LogP contribution in [-0.4, -0.2) is 43.2 Å². The minimum Gasteiger partial charge on any atom is -0.493 e. The molecule has 1 amide bonds. The second-order valence-corrected chi connectivity index (χ2v) is 5.81. The van der Waals surface area contributed by atoms with Gasteiger partial charge in [0, 0.05) is 31.0 Å². The van der Waals surface area contributed by atoms with Crippen molar-refractivity contribution in [2.24, 2.45) is 0 Å². The van der Waals surface area contributed by atoms with E-state index in [1.807, 2.05) is 0 Å². The van der Waals surface area contributed by atoms with Gasteiger partial charge in [0.15, 0.2) is 11.5 Å². The topological polar surface area (TPSA) is 76.6 Å². The number of carbonyl (C=O) groups is 1. The highest BCUT2D eigenvalue weighted by molar-refractivity contribution is 6.03. The van der Waals surface area contributed by atoms with Crippen molar-refractivity contribution in [2.45, 2.75) is 19.3 Å². The summed E-state index contributed by atoms with van der Waals surface area (Å²) in [5.74, 6) is 1.49. The fraction of sp³-hybridized carbons (Fsp3) is 0.389. The zero-order chi connectivity index (χ0) is 17.6. The van der Waals surface area contributed by atoms with Gasteiger partial charge in [-0.1, -0.05) is 0 Å². The molecule has 132 valence electrons. The third-order valence-corrected chi connectivity index (χ3v) is 4.16. The van der Waals surface area contributed by atoms with E-state index in [4.69, 9.17) is 9.47 Å². The molecule has 25 heavy (non-hydrogen) atoms. The molecule has 1 aromatic carbocycles. The van der Waals surface area contributed by atoms with E-state index in [1.54, 1.807) is 44.7 Å². The Morgan fingerprint density at radius 2 is 1.84 bits per heavy atom. The van der Waals surface area contributed by atoms with Crippen LogP contribution >= 0.6 is 0 Å². The number of piperidine rings is 1. The predicted octanol–water partition coefficient (Wildman–Crippen LogP) is 2.74. The quantitative estimate of drug-likeness (QED) is 0.900. The lowest BCUT2D eigenvalue weighted by atomic mass is 10.1. The van der Waals surface area contributed by atoms with E-state index in [0.29, 0.717) is 28.8 Å². The minimum absolute atomic E-state index is 0.284. The summed E-state index contributed by atoms with van der Waals surface area (Å²) in [6, 6.07) is 6.83. The van der Waals surface area contributed by atoms with Crippen LogP contribution in [0.15, 0.2) is 30.5 Å². The number of hydrogen-bond acceptors (Lipinski definition) is 6. The molecule has 7 heteroatoms. The van der Waals surface area contributed by atoms with Crippen LogP contribution in [0.3, 0.4) is 0 Å². The first-order valence-corrected chi connectivity index (χ1v) is 8.32. The van der Waals surface area contributed by atoms with Gasteiger partial charge in [-0.3, -0.25) is 4.79 Å². The Labute approximate surface area is 147 Å². The summed E-state index contributed by atoms with van der Waals surface area (Å²) in [5, 5.41) is 2.83. The van der Waals surface area contributed by atoms with Gasteiger partial charge < -0.3 is 19.7 Å². The van der Waals surface area contributed by atoms with Gasteiger partial charge in [-0.15, -0.1) is 0 Å². The maximum Gasteiger partial charge on any atom is 0.274 e. The summed E-state index contributed by atoms with van der Waals surface area (Å²) in [6.45, 7) is 1.86. The van der Waals surface area contributed by atoms with E-state index >= 15 is 0 Å². The lowest BCUT2D eigenvalue weighted by Crippen LogP contribution is -2.31. The summed E-state index contributed by atoms with van der Waals surface area (Å²) in [7, 11) is 3.12. The Morgan fingerprint density at radius 3 is 2.56 bits per heavy atom. The highest BCUT2D eigenvalue weighted by atomic mass is 16.5. The molecule has 7 nitrogen and oxygen atoms in total. The number of rotatable bonds is 5. The zero-order valence-corrected chi connectivity index (χ0v) is 14.5. The van der Waals surface area contributed by atoms with Gasteiger partial charge in [0.1, 0.15) is 5.69 Å². The average molecular weight is 342 g/mol. The smallest absolute Gasteiger partial charge is 0.274 e. The number of methoxy groups -OCH3 is 2. The Hall–Kier alpha value is -2.83. The molecular formula is C18H22N4O3. The van der Waals surface area contributed by atoms with Gasteiger partial charge in [-0.2, -0.15) is 0 Å². The molecule has 0 aliphatic carbocycles. The molecule has 0 bridgehead atoms. The second kappa shape index (κ2) is 7.83. The molecule has 1 aliphatic rings. The number of carbonyl (C=O) groups excluding carboxylic acids is 1. The van der Waals surface area contributed by atoms with Gasteiger partial charge in [-0.05, 0) is 37.5 Å². The molecule has 0 unspecified atom stereocenters. The highest BCUT2D eigenvalue weighted by Gasteiger charge is 2.16. The van der Waals surface area contributed by atoms with E-state index in [2.05, 4.69) is 20.2 Å². The fourth-order valence-electron chi connectivity index (χ4n) is 2.83. The molecule has 0 spiro atoms. The monoisotopic (exact) mass is 342 g/mol. The molecule has 0 radical (unpaired) electrons. The van der Waals surface area contributed by atoms with Crippen molar-refractivity contribution >= 4 is 17.5 Å². The van der Waals surface area contributed by atoms with Gasteiger partial charge in [-0.25, -0.2) is 9.97 Å². The molecule has 3 rings (SSSR count). The first-order valence-electron chi connectivity index (χ1n) is 8.32. The normalized spacial score (nSPS) is 14.1. The van der Waals surface area contributed by atoms with E-state index in [0.717, 1.165) is 25.9 Å². The largest absolute Gasteiger partial charge is 0.493 e. The molecular weight excluding hydrogens is 320 g/mol. The number of aromatic nitrogens is 2. The SMILES string of the molecule is COc1ccc(NC(=O)c2ccnc(N3CCCCC3)n2)cc1OC. The van der Waals surface area contributed by atoms with Crippen molar-refractivity contribution in [3.05, 3.63) is 36.2 Å². The number of nitrogens with zero attached hydrogens (tertiary/aromatic N) is 3. The molecule has 0 atom stereocenters. The molecule has 2 heterocycles. The van der Waals surface area contributed by atoms with Crippen molar-refractivity contribution in [2.75, 3.05) is 37.5 Å². The molecule has 2 aromatic rings. The lowest BCUT2D eigenvalue weighted by Gasteiger charge is -2.26. The van der Waals surface area contributed by atoms with Crippen molar-refractivity contribution in [3.63, 3.8) is 0 Å². The number of nitrogens with one attached hydrogen (secondary N) is 1. The van der Waals surface area contributed by atoms with Crippen molar-refractivity contribution < 1.29 is 14.3 Å². The van der Waals surface area contributed by atoms with Crippen LogP contribution in [0, 0.1) is 0 Å². The van der Waals surface area contributed by atoms with Gasteiger partial charge in [0.2, 0.25) is 5.95 Å². The Bertz CT molecular complexity index is 745. The summed E-state index contributed by atoms with van der Waals surface area (Å²) in [5.41, 5.74) is 0.950. The first-order chi connectivity index (χ1) is 12.2. The number of hydrogen-bond donors (Lipinski definition) is 1.